The third-order valence-electron chi connectivity index (χ3n) is 4.14. The number of furan rings is 1. The van der Waals surface area contributed by atoms with Crippen molar-refractivity contribution in [3.05, 3.63) is 29.7 Å². The molecule has 0 aliphatic carbocycles. The van der Waals surface area contributed by atoms with Crippen molar-refractivity contribution < 1.29 is 14.3 Å². The topological polar surface area (TPSA) is 66.6 Å². The Morgan fingerprint density at radius 2 is 2.50 bits per heavy atom. The number of piperidine rings is 1. The Balaban J connectivity index is 1.62. The van der Waals surface area contributed by atoms with Gasteiger partial charge in [-0.25, -0.2) is 4.98 Å². The lowest BCUT2D eigenvalue weighted by molar-refractivity contribution is -0.133. The highest BCUT2D eigenvalue weighted by atomic mass is 32.1. The lowest BCUT2D eigenvalue weighted by Gasteiger charge is -2.34. The van der Waals surface area contributed by atoms with Crippen LogP contribution < -0.4 is 0 Å². The molecule has 2 unspecified atom stereocenters. The van der Waals surface area contributed by atoms with E-state index in [1.165, 1.54) is 11.3 Å². The summed E-state index contributed by atoms with van der Waals surface area (Å²) in [7, 11) is 0. The summed E-state index contributed by atoms with van der Waals surface area (Å²) in [4.78, 5) is 18.8. The minimum Gasteiger partial charge on any atom is -0.472 e. The summed E-state index contributed by atoms with van der Waals surface area (Å²) in [5, 5.41) is 12.5. The molecule has 1 saturated heterocycles. The Morgan fingerprint density at radius 3 is 3.23 bits per heavy atom. The van der Waals surface area contributed by atoms with Crippen LogP contribution >= 0.6 is 11.3 Å². The Bertz CT molecular complexity index is 621. The summed E-state index contributed by atoms with van der Waals surface area (Å²) >= 11 is 1.52. The molecule has 6 heteroatoms. The fourth-order valence-electron chi connectivity index (χ4n) is 2.80. The number of amides is 1. The number of carbonyl (C=O) groups excluding carboxylic acids is 1. The molecular weight excluding hydrogens is 300 g/mol. The summed E-state index contributed by atoms with van der Waals surface area (Å²) in [5.74, 6) is 0.281. The number of nitrogens with zero attached hydrogens (tertiary/aromatic N) is 2. The molecule has 1 aliphatic heterocycles. The van der Waals surface area contributed by atoms with Gasteiger partial charge in [0.2, 0.25) is 5.91 Å². The van der Waals surface area contributed by atoms with Crippen molar-refractivity contribution in [2.45, 2.75) is 32.3 Å². The maximum absolute atomic E-state index is 12.4. The van der Waals surface area contributed by atoms with Gasteiger partial charge in [0.05, 0.1) is 24.5 Å². The molecule has 5 nitrogen and oxygen atoms in total. The second kappa shape index (κ2) is 6.62. The summed E-state index contributed by atoms with van der Waals surface area (Å²) in [6, 6.07) is 1.86. The molecule has 2 atom stereocenters. The van der Waals surface area contributed by atoms with Crippen LogP contribution in [0.15, 0.2) is 28.4 Å². The molecule has 1 aliphatic rings. The molecule has 118 valence electrons. The fraction of sp³-hybridized carbons (Fsp3) is 0.500. The van der Waals surface area contributed by atoms with Crippen molar-refractivity contribution in [1.82, 2.24) is 9.88 Å². The van der Waals surface area contributed by atoms with Gasteiger partial charge in [0.1, 0.15) is 11.3 Å². The van der Waals surface area contributed by atoms with Crippen LogP contribution in [0, 0.1) is 5.92 Å². The van der Waals surface area contributed by atoms with Gasteiger partial charge in [0, 0.05) is 30.0 Å². The van der Waals surface area contributed by atoms with Crippen LogP contribution in [-0.2, 0) is 11.2 Å². The standard InChI is InChI=1S/C16H20N2O3S/c1-11(19)12-3-2-5-18(8-12)15(20)7-14-10-22-16(17-14)13-4-6-21-9-13/h4,6,9-12,19H,2-3,5,7-8H2,1H3. The van der Waals surface area contributed by atoms with Crippen LogP contribution in [0.2, 0.25) is 0 Å². The number of aliphatic hydroxyl groups is 1. The Morgan fingerprint density at radius 1 is 1.64 bits per heavy atom. The molecule has 3 heterocycles. The van der Waals surface area contributed by atoms with Crippen LogP contribution in [0.5, 0.6) is 0 Å². The third kappa shape index (κ3) is 3.39. The predicted octanol–water partition coefficient (Wildman–Crippen LogP) is 2.57. The Labute approximate surface area is 133 Å². The smallest absolute Gasteiger partial charge is 0.228 e. The highest BCUT2D eigenvalue weighted by Gasteiger charge is 2.26. The van der Waals surface area contributed by atoms with Gasteiger partial charge in [-0.15, -0.1) is 11.3 Å². The lowest BCUT2D eigenvalue weighted by atomic mass is 9.93. The van der Waals surface area contributed by atoms with E-state index >= 15 is 0 Å². The van der Waals surface area contributed by atoms with Gasteiger partial charge in [-0.2, -0.15) is 0 Å². The summed E-state index contributed by atoms with van der Waals surface area (Å²) in [5.41, 5.74) is 1.74. The fourth-order valence-corrected chi connectivity index (χ4v) is 3.61. The average molecular weight is 320 g/mol. The molecule has 1 N–H and O–H groups in total. The van der Waals surface area contributed by atoms with E-state index in [0.29, 0.717) is 13.0 Å². The van der Waals surface area contributed by atoms with Crippen molar-refractivity contribution in [3.8, 4) is 10.6 Å². The van der Waals surface area contributed by atoms with Gasteiger partial charge < -0.3 is 14.4 Å². The van der Waals surface area contributed by atoms with E-state index in [1.807, 2.05) is 16.3 Å². The molecule has 2 aromatic heterocycles. The number of rotatable bonds is 4. The van der Waals surface area contributed by atoms with E-state index in [1.54, 1.807) is 19.5 Å². The van der Waals surface area contributed by atoms with E-state index in [-0.39, 0.29) is 17.9 Å². The van der Waals surface area contributed by atoms with Crippen molar-refractivity contribution >= 4 is 17.2 Å². The molecule has 0 aromatic carbocycles. The van der Waals surface area contributed by atoms with E-state index in [9.17, 15) is 9.90 Å². The summed E-state index contributed by atoms with van der Waals surface area (Å²) in [6.07, 6.45) is 5.18. The summed E-state index contributed by atoms with van der Waals surface area (Å²) < 4.78 is 5.06. The van der Waals surface area contributed by atoms with E-state index in [4.69, 9.17) is 4.42 Å². The quantitative estimate of drug-likeness (QED) is 0.940. The van der Waals surface area contributed by atoms with Gasteiger partial charge >= 0.3 is 0 Å². The number of thiazole rings is 1. The Kier molecular flexibility index (Phi) is 4.59. The van der Waals surface area contributed by atoms with Gasteiger partial charge in [-0.3, -0.25) is 4.79 Å². The van der Waals surface area contributed by atoms with Crippen molar-refractivity contribution in [3.63, 3.8) is 0 Å². The number of aromatic nitrogens is 1. The zero-order valence-electron chi connectivity index (χ0n) is 12.6. The predicted molar refractivity (Wildman–Crippen MR) is 84.5 cm³/mol. The highest BCUT2D eigenvalue weighted by Crippen LogP contribution is 2.25. The number of hydrogen-bond acceptors (Lipinski definition) is 5. The monoisotopic (exact) mass is 320 g/mol. The molecule has 1 amide bonds. The third-order valence-corrected chi connectivity index (χ3v) is 5.09. The first-order valence-electron chi connectivity index (χ1n) is 7.56. The molecule has 0 bridgehead atoms. The molecule has 0 spiro atoms. The lowest BCUT2D eigenvalue weighted by Crippen LogP contribution is -2.43. The first-order valence-corrected chi connectivity index (χ1v) is 8.44. The van der Waals surface area contributed by atoms with E-state index in [2.05, 4.69) is 4.98 Å². The molecule has 0 saturated carbocycles. The zero-order chi connectivity index (χ0) is 15.5. The minimum absolute atomic E-state index is 0.0920. The highest BCUT2D eigenvalue weighted by molar-refractivity contribution is 7.13. The molecular formula is C16H20N2O3S. The second-order valence-electron chi connectivity index (χ2n) is 5.82. The van der Waals surface area contributed by atoms with Gasteiger partial charge in [-0.05, 0) is 25.8 Å². The van der Waals surface area contributed by atoms with Gasteiger partial charge in [0.15, 0.2) is 0 Å². The molecule has 2 aromatic rings. The summed E-state index contributed by atoms with van der Waals surface area (Å²) in [6.45, 7) is 3.23. The molecule has 22 heavy (non-hydrogen) atoms. The van der Waals surface area contributed by atoms with E-state index in [0.717, 1.165) is 35.7 Å². The average Bonchev–Trinajstić information content (AvgIpc) is 3.18. The minimum atomic E-state index is -0.359. The molecule has 1 fully saturated rings. The van der Waals surface area contributed by atoms with Crippen LogP contribution in [0.1, 0.15) is 25.5 Å². The SMILES string of the molecule is CC(O)C1CCCN(C(=O)Cc2csc(-c3ccoc3)n2)C1. The van der Waals surface area contributed by atoms with Crippen LogP contribution in [0.4, 0.5) is 0 Å². The number of likely N-dealkylation sites (tertiary alicyclic amines) is 1. The molecule has 0 radical (unpaired) electrons. The maximum atomic E-state index is 12.4. The number of carbonyl (C=O) groups is 1. The zero-order valence-corrected chi connectivity index (χ0v) is 13.4. The number of hydrogen-bond donors (Lipinski definition) is 1. The van der Waals surface area contributed by atoms with Crippen LogP contribution in [0.3, 0.4) is 0 Å². The van der Waals surface area contributed by atoms with Crippen molar-refractivity contribution in [1.29, 1.82) is 0 Å². The van der Waals surface area contributed by atoms with Crippen molar-refractivity contribution in [2.24, 2.45) is 5.92 Å². The van der Waals surface area contributed by atoms with Crippen molar-refractivity contribution in [2.75, 3.05) is 13.1 Å². The number of aliphatic hydroxyl groups excluding tert-OH is 1. The maximum Gasteiger partial charge on any atom is 0.228 e. The van der Waals surface area contributed by atoms with Gasteiger partial charge in [0.25, 0.3) is 0 Å². The first kappa shape index (κ1) is 15.2. The molecule has 3 rings (SSSR count). The second-order valence-corrected chi connectivity index (χ2v) is 6.67. The van der Waals surface area contributed by atoms with Crippen LogP contribution in [-0.4, -0.2) is 40.1 Å². The van der Waals surface area contributed by atoms with Gasteiger partial charge in [-0.1, -0.05) is 0 Å². The van der Waals surface area contributed by atoms with Crippen LogP contribution in [0.25, 0.3) is 10.6 Å². The normalized spacial score (nSPS) is 20.1. The van der Waals surface area contributed by atoms with E-state index < -0.39 is 0 Å². The largest absolute Gasteiger partial charge is 0.472 e. The first-order chi connectivity index (χ1) is 10.6. The Hall–Kier alpha value is -1.66.